The van der Waals surface area contributed by atoms with Gasteiger partial charge in [0.1, 0.15) is 11.2 Å². The molecule has 2 nitrogen and oxygen atoms in total. The Morgan fingerprint density at radius 1 is 0.404 bits per heavy atom. The van der Waals surface area contributed by atoms with Crippen LogP contribution >= 0.6 is 11.3 Å². The lowest BCUT2D eigenvalue weighted by molar-refractivity contribution is 0.669. The highest BCUT2D eigenvalue weighted by Crippen LogP contribution is 2.44. The third kappa shape index (κ3) is 4.17. The molecule has 2 aromatic heterocycles. The van der Waals surface area contributed by atoms with Crippen LogP contribution in [-0.2, 0) is 0 Å². The minimum atomic E-state index is 0.896. The normalized spacial score (nSPS) is 11.8. The quantitative estimate of drug-likeness (QED) is 0.195. The van der Waals surface area contributed by atoms with E-state index in [9.17, 15) is 0 Å². The van der Waals surface area contributed by atoms with Crippen molar-refractivity contribution in [1.82, 2.24) is 0 Å². The maximum atomic E-state index is 6.21. The van der Waals surface area contributed by atoms with E-state index < -0.39 is 0 Å². The van der Waals surface area contributed by atoms with Crippen molar-refractivity contribution in [3.63, 3.8) is 0 Å². The number of para-hydroxylation sites is 1. The van der Waals surface area contributed by atoms with Crippen LogP contribution < -0.4 is 4.90 Å². The minimum Gasteiger partial charge on any atom is -0.456 e. The van der Waals surface area contributed by atoms with Crippen LogP contribution in [0.5, 0.6) is 0 Å². The largest absolute Gasteiger partial charge is 0.456 e. The van der Waals surface area contributed by atoms with Gasteiger partial charge < -0.3 is 9.32 Å². The predicted molar refractivity (Wildman–Crippen MR) is 202 cm³/mol. The lowest BCUT2D eigenvalue weighted by atomic mass is 9.98. The van der Waals surface area contributed by atoms with Crippen LogP contribution in [0, 0.1) is 0 Å². The van der Waals surface area contributed by atoms with Crippen molar-refractivity contribution in [2.45, 2.75) is 0 Å². The molecule has 0 aliphatic carbocycles. The molecule has 10 rings (SSSR count). The molecule has 0 N–H and O–H groups in total. The number of hydrogen-bond donors (Lipinski definition) is 0. The van der Waals surface area contributed by atoms with E-state index in [4.69, 9.17) is 4.42 Å². The molecule has 220 valence electrons. The molecule has 3 heteroatoms. The summed E-state index contributed by atoms with van der Waals surface area (Å²) in [5.74, 6) is 0. The van der Waals surface area contributed by atoms with Crippen LogP contribution in [0.2, 0.25) is 0 Å². The Balaban J connectivity index is 1.17. The number of thiophene rings is 1. The van der Waals surface area contributed by atoms with Gasteiger partial charge in [-0.05, 0) is 87.3 Å². The van der Waals surface area contributed by atoms with Gasteiger partial charge in [0.05, 0.1) is 0 Å². The van der Waals surface area contributed by atoms with Crippen molar-refractivity contribution in [3.8, 4) is 11.1 Å². The van der Waals surface area contributed by atoms with E-state index in [1.807, 2.05) is 23.5 Å². The van der Waals surface area contributed by atoms with E-state index in [1.54, 1.807) is 0 Å². The molecule has 0 saturated carbocycles. The topological polar surface area (TPSA) is 16.4 Å². The second-order valence-corrected chi connectivity index (χ2v) is 13.2. The molecule has 0 atom stereocenters. The summed E-state index contributed by atoms with van der Waals surface area (Å²) in [5, 5.41) is 9.92. The van der Waals surface area contributed by atoms with Crippen molar-refractivity contribution < 1.29 is 4.42 Å². The third-order valence-electron chi connectivity index (χ3n) is 9.45. The number of nitrogens with zero attached hydrogens (tertiary/aromatic N) is 1. The molecule has 0 aliphatic heterocycles. The smallest absolute Gasteiger partial charge is 0.135 e. The molecule has 0 aliphatic rings. The number of benzene rings is 8. The average Bonchev–Trinajstić information content (AvgIpc) is 3.70. The average molecular weight is 618 g/mol. The Labute approximate surface area is 275 Å². The van der Waals surface area contributed by atoms with Crippen molar-refractivity contribution in [3.05, 3.63) is 164 Å². The van der Waals surface area contributed by atoms with E-state index in [0.717, 1.165) is 39.0 Å². The molecule has 47 heavy (non-hydrogen) atoms. The van der Waals surface area contributed by atoms with Crippen LogP contribution in [0.1, 0.15) is 0 Å². The number of furan rings is 1. The summed E-state index contributed by atoms with van der Waals surface area (Å²) >= 11 is 1.88. The summed E-state index contributed by atoms with van der Waals surface area (Å²) in [4.78, 5) is 2.37. The summed E-state index contributed by atoms with van der Waals surface area (Å²) in [7, 11) is 0. The molecule has 0 amide bonds. The Morgan fingerprint density at radius 2 is 1.04 bits per heavy atom. The second kappa shape index (κ2) is 10.3. The lowest BCUT2D eigenvalue weighted by Crippen LogP contribution is -2.09. The van der Waals surface area contributed by atoms with Gasteiger partial charge in [0.25, 0.3) is 0 Å². The first-order valence-corrected chi connectivity index (χ1v) is 16.7. The molecule has 0 spiro atoms. The van der Waals surface area contributed by atoms with Gasteiger partial charge in [0.2, 0.25) is 0 Å². The first-order chi connectivity index (χ1) is 23.3. The number of rotatable bonds is 4. The maximum absolute atomic E-state index is 6.21. The molecule has 2 heterocycles. The van der Waals surface area contributed by atoms with E-state index in [-0.39, 0.29) is 0 Å². The Morgan fingerprint density at radius 3 is 1.89 bits per heavy atom. The van der Waals surface area contributed by atoms with Gasteiger partial charge >= 0.3 is 0 Å². The Hall–Kier alpha value is -5.90. The summed E-state index contributed by atoms with van der Waals surface area (Å²) < 4.78 is 8.85. The molecule has 10 aromatic rings. The van der Waals surface area contributed by atoms with Crippen LogP contribution in [0.15, 0.2) is 168 Å². The monoisotopic (exact) mass is 617 g/mol. The van der Waals surface area contributed by atoms with Gasteiger partial charge in [-0.2, -0.15) is 0 Å². The Kier molecular flexibility index (Phi) is 5.78. The minimum absolute atomic E-state index is 0.896. The molecule has 0 fully saturated rings. The van der Waals surface area contributed by atoms with Crippen LogP contribution in [-0.4, -0.2) is 0 Å². The highest BCUT2D eigenvalue weighted by molar-refractivity contribution is 7.26. The van der Waals surface area contributed by atoms with Crippen LogP contribution in [0.4, 0.5) is 17.1 Å². The zero-order valence-electron chi connectivity index (χ0n) is 25.4. The third-order valence-corrected chi connectivity index (χ3v) is 10.7. The van der Waals surface area contributed by atoms with Crippen molar-refractivity contribution in [2.75, 3.05) is 4.90 Å². The lowest BCUT2D eigenvalue weighted by Gasteiger charge is -2.26. The predicted octanol–water partition coefficient (Wildman–Crippen LogP) is 13.4. The zero-order valence-corrected chi connectivity index (χ0v) is 26.2. The Bertz CT molecular complexity index is 2800. The van der Waals surface area contributed by atoms with Gasteiger partial charge in [-0.15, -0.1) is 11.3 Å². The van der Waals surface area contributed by atoms with Gasteiger partial charge in [0, 0.05) is 48.0 Å². The fraction of sp³-hybridized carbons (Fsp3) is 0. The maximum Gasteiger partial charge on any atom is 0.135 e. The molecule has 0 bridgehead atoms. The summed E-state index contributed by atoms with van der Waals surface area (Å²) in [6.45, 7) is 0. The zero-order chi connectivity index (χ0) is 30.9. The van der Waals surface area contributed by atoms with Gasteiger partial charge in [-0.3, -0.25) is 0 Å². The van der Waals surface area contributed by atoms with Gasteiger partial charge in [-0.25, -0.2) is 0 Å². The first kappa shape index (κ1) is 26.3. The first-order valence-electron chi connectivity index (χ1n) is 15.9. The summed E-state index contributed by atoms with van der Waals surface area (Å²) in [5.41, 5.74) is 7.56. The molecular formula is C44H27NOS. The van der Waals surface area contributed by atoms with E-state index >= 15 is 0 Å². The van der Waals surface area contributed by atoms with Crippen molar-refractivity contribution >= 4 is 92.1 Å². The van der Waals surface area contributed by atoms with E-state index in [2.05, 4.69) is 157 Å². The molecule has 0 radical (unpaired) electrons. The van der Waals surface area contributed by atoms with Crippen molar-refractivity contribution in [2.24, 2.45) is 0 Å². The number of anilines is 3. The summed E-state index contributed by atoms with van der Waals surface area (Å²) in [6.07, 6.45) is 0. The fourth-order valence-electron chi connectivity index (χ4n) is 7.20. The van der Waals surface area contributed by atoms with E-state index in [1.165, 1.54) is 52.8 Å². The SMILES string of the molecule is c1ccc2c(-c3ccc(N(c4ccc5oc6ccccc6c5c4)c4ccc5sc6c7ccccc7ccc6c5c4)cc3)cccc2c1. The number of fused-ring (bicyclic) bond motifs is 9. The highest BCUT2D eigenvalue weighted by Gasteiger charge is 2.18. The molecule has 0 saturated heterocycles. The standard InChI is InChI=1S/C44H27NOS/c1-3-11-34-28(8-1)10-7-14-35(34)30-16-19-31(20-17-30)45(32-21-24-42-39(26-32)37-13-5-6-15-41(37)46-42)33-22-25-43-40(27-33)38-23-18-29-9-2-4-12-36(29)44(38)47-43/h1-27H. The van der Waals surface area contributed by atoms with Crippen LogP contribution in [0.3, 0.4) is 0 Å². The number of hydrogen-bond acceptors (Lipinski definition) is 3. The van der Waals surface area contributed by atoms with Gasteiger partial charge in [0.15, 0.2) is 0 Å². The highest BCUT2D eigenvalue weighted by atomic mass is 32.1. The second-order valence-electron chi connectivity index (χ2n) is 12.1. The molecule has 8 aromatic carbocycles. The molecule has 0 unspecified atom stereocenters. The van der Waals surface area contributed by atoms with Crippen LogP contribution in [0.25, 0.3) is 74.8 Å². The van der Waals surface area contributed by atoms with Gasteiger partial charge in [-0.1, -0.05) is 109 Å². The van der Waals surface area contributed by atoms with Crippen molar-refractivity contribution in [1.29, 1.82) is 0 Å². The van der Waals surface area contributed by atoms with E-state index in [0.29, 0.717) is 0 Å². The fourth-order valence-corrected chi connectivity index (χ4v) is 8.42. The summed E-state index contributed by atoms with van der Waals surface area (Å²) in [6, 6.07) is 59.1. The molecular weight excluding hydrogens is 591 g/mol.